The molecule has 0 saturated heterocycles. The second kappa shape index (κ2) is 11.0. The average molecular weight is 440 g/mol. The van der Waals surface area contributed by atoms with Crippen molar-refractivity contribution in [1.82, 2.24) is 0 Å². The van der Waals surface area contributed by atoms with Gasteiger partial charge in [-0.15, -0.1) is 0 Å². The predicted octanol–water partition coefficient (Wildman–Crippen LogP) is 1.99. The van der Waals surface area contributed by atoms with Crippen molar-refractivity contribution in [3.8, 4) is 17.2 Å². The van der Waals surface area contributed by atoms with E-state index in [4.69, 9.17) is 15.2 Å². The molecule has 0 fully saturated rings. The monoisotopic (exact) mass is 439 g/mol. The van der Waals surface area contributed by atoms with Gasteiger partial charge in [-0.25, -0.2) is 8.42 Å². The Bertz CT molecular complexity index is 1150. The second-order valence-corrected chi connectivity index (χ2v) is 8.20. The standard InChI is InChI=1S/C10H13NO3S.C9H8O4S/c1-14-10-4-3-8(7-9(10)11)5-6-15(2,12)13;1-13-9-3-2-7(6-8(9)10)4-5-14(11)12/h3-7H,11H2,1-2H3;2-4,6,10H,1H3. The summed E-state index contributed by atoms with van der Waals surface area (Å²) in [5.74, 6) is 0.872. The highest BCUT2D eigenvalue weighted by Gasteiger charge is 2.00. The smallest absolute Gasteiger partial charge is 0.260 e. The largest absolute Gasteiger partial charge is 0.504 e. The van der Waals surface area contributed by atoms with Crippen LogP contribution in [-0.2, 0) is 20.1 Å². The fraction of sp³-hybridized carbons (Fsp3) is 0.158. The molecule has 3 N–H and O–H groups in total. The summed E-state index contributed by atoms with van der Waals surface area (Å²) in [6.07, 6.45) is 3.88. The van der Waals surface area contributed by atoms with E-state index in [9.17, 15) is 21.9 Å². The van der Waals surface area contributed by atoms with Gasteiger partial charge in [-0.05, 0) is 41.5 Å². The first kappa shape index (κ1) is 23.8. The van der Waals surface area contributed by atoms with E-state index in [0.29, 0.717) is 22.7 Å². The fourth-order valence-corrected chi connectivity index (χ4v) is 2.61. The molecular weight excluding hydrogens is 418 g/mol. The first-order valence-corrected chi connectivity index (χ1v) is 11.0. The fourth-order valence-electron chi connectivity index (χ4n) is 1.97. The van der Waals surface area contributed by atoms with Crippen LogP contribution in [0.5, 0.6) is 17.2 Å². The third-order valence-corrected chi connectivity index (χ3v) is 4.23. The molecule has 8 nitrogen and oxygen atoms in total. The van der Waals surface area contributed by atoms with Gasteiger partial charge in [0.2, 0.25) is 0 Å². The Labute approximate surface area is 171 Å². The molecule has 0 unspecified atom stereocenters. The van der Waals surface area contributed by atoms with Crippen LogP contribution in [0.1, 0.15) is 11.1 Å². The zero-order chi connectivity index (χ0) is 22.0. The maximum absolute atomic E-state index is 10.9. The van der Waals surface area contributed by atoms with Gasteiger partial charge in [0, 0.05) is 22.8 Å². The molecule has 2 rings (SSSR count). The van der Waals surface area contributed by atoms with Crippen LogP contribution in [0.4, 0.5) is 5.69 Å². The number of hydrogen-bond acceptors (Lipinski definition) is 8. The topological polar surface area (TPSA) is 133 Å². The zero-order valence-corrected chi connectivity index (χ0v) is 17.6. The van der Waals surface area contributed by atoms with Crippen LogP contribution in [0.2, 0.25) is 0 Å². The maximum Gasteiger partial charge on any atom is 0.260 e. The van der Waals surface area contributed by atoms with Gasteiger partial charge in [-0.3, -0.25) is 0 Å². The molecule has 0 aliphatic rings. The Kier molecular flexibility index (Phi) is 9.01. The van der Waals surface area contributed by atoms with Crippen molar-refractivity contribution in [2.75, 3.05) is 26.2 Å². The summed E-state index contributed by atoms with van der Waals surface area (Å²) < 4.78 is 51.8. The van der Waals surface area contributed by atoms with Crippen molar-refractivity contribution in [3.05, 3.63) is 52.9 Å². The molecule has 10 heteroatoms. The number of rotatable bonds is 5. The van der Waals surface area contributed by atoms with E-state index in [1.54, 1.807) is 24.3 Å². The first-order valence-electron chi connectivity index (χ1n) is 7.93. The minimum absolute atomic E-state index is 0.0419. The Morgan fingerprint density at radius 3 is 2.10 bits per heavy atom. The number of phenolic OH excluding ortho intramolecular Hbond substituents is 1. The number of aromatic hydroxyl groups is 1. The Morgan fingerprint density at radius 1 is 1.03 bits per heavy atom. The van der Waals surface area contributed by atoms with Crippen molar-refractivity contribution in [1.29, 1.82) is 0 Å². The molecule has 0 amide bonds. The molecule has 29 heavy (non-hydrogen) atoms. The third kappa shape index (κ3) is 9.02. The molecule has 0 radical (unpaired) electrons. The van der Waals surface area contributed by atoms with Crippen LogP contribution in [0.25, 0.3) is 12.2 Å². The molecule has 0 spiro atoms. The number of ether oxygens (including phenoxy) is 2. The van der Waals surface area contributed by atoms with Crippen molar-refractivity contribution < 1.29 is 31.4 Å². The lowest BCUT2D eigenvalue weighted by molar-refractivity contribution is 0.373. The van der Waals surface area contributed by atoms with E-state index in [1.807, 2.05) is 0 Å². The Morgan fingerprint density at radius 2 is 1.62 bits per heavy atom. The number of nitrogen functional groups attached to an aromatic ring is 1. The normalized spacial score (nSPS) is 10.4. The molecule has 0 aliphatic heterocycles. The quantitative estimate of drug-likeness (QED) is 0.534. The highest BCUT2D eigenvalue weighted by atomic mass is 32.2. The molecular formula is C19H21NO7S2. The number of benzene rings is 2. The first-order chi connectivity index (χ1) is 13.6. The van der Waals surface area contributed by atoms with Crippen molar-refractivity contribution in [3.63, 3.8) is 0 Å². The number of hydrogen-bond donors (Lipinski definition) is 2. The molecule has 0 heterocycles. The number of anilines is 1. The predicted molar refractivity (Wildman–Crippen MR) is 114 cm³/mol. The maximum atomic E-state index is 10.9. The summed E-state index contributed by atoms with van der Waals surface area (Å²) in [5.41, 5.74) is 7.40. The summed E-state index contributed by atoms with van der Waals surface area (Å²) in [5, 5.41) is 12.5. The molecule has 0 saturated carbocycles. The number of methoxy groups -OCH3 is 2. The van der Waals surface area contributed by atoms with Crippen molar-refractivity contribution in [2.24, 2.45) is 0 Å². The van der Waals surface area contributed by atoms with Gasteiger partial charge in [0.1, 0.15) is 5.75 Å². The highest BCUT2D eigenvalue weighted by molar-refractivity contribution is 7.93. The lowest BCUT2D eigenvalue weighted by Crippen LogP contribution is -1.92. The van der Waals surface area contributed by atoms with Gasteiger partial charge < -0.3 is 20.3 Å². The molecule has 2 aromatic carbocycles. The lowest BCUT2D eigenvalue weighted by Gasteiger charge is -2.04. The number of sulfone groups is 1. The molecule has 0 atom stereocenters. The summed E-state index contributed by atoms with van der Waals surface area (Å²) in [4.78, 5) is 0. The van der Waals surface area contributed by atoms with E-state index < -0.39 is 20.1 Å². The summed E-state index contributed by atoms with van der Waals surface area (Å²) in [6.45, 7) is 0. The second-order valence-electron chi connectivity index (χ2n) is 5.56. The van der Waals surface area contributed by atoms with E-state index >= 15 is 0 Å². The summed E-state index contributed by atoms with van der Waals surface area (Å²) >= 11 is 0. The van der Waals surface area contributed by atoms with Crippen LogP contribution in [0, 0.1) is 0 Å². The van der Waals surface area contributed by atoms with E-state index in [0.717, 1.165) is 17.2 Å². The Balaban J connectivity index is 0.000000291. The van der Waals surface area contributed by atoms with Gasteiger partial charge >= 0.3 is 0 Å². The third-order valence-electron chi connectivity index (χ3n) is 3.29. The molecule has 0 bridgehead atoms. The lowest BCUT2D eigenvalue weighted by atomic mass is 10.2. The van der Waals surface area contributed by atoms with Gasteiger partial charge in [0.15, 0.2) is 21.3 Å². The van der Waals surface area contributed by atoms with E-state index in [1.165, 1.54) is 38.5 Å². The van der Waals surface area contributed by atoms with E-state index in [2.05, 4.69) is 5.02 Å². The van der Waals surface area contributed by atoms with E-state index in [-0.39, 0.29) is 5.75 Å². The van der Waals surface area contributed by atoms with Crippen molar-refractivity contribution in [2.45, 2.75) is 0 Å². The SMILES string of the molecule is COc1ccc(C=C=S(=O)=O)cc1O.COc1ccc(C=CS(C)(=O)=O)cc1N. The summed E-state index contributed by atoms with van der Waals surface area (Å²) in [7, 11) is -2.49. The van der Waals surface area contributed by atoms with Gasteiger partial charge in [-0.2, -0.15) is 8.42 Å². The Hall–Kier alpha value is -3.20. The van der Waals surface area contributed by atoms with Crippen LogP contribution in [0.15, 0.2) is 41.8 Å². The molecule has 0 aliphatic carbocycles. The minimum Gasteiger partial charge on any atom is -0.504 e. The summed E-state index contributed by atoms with van der Waals surface area (Å²) in [6, 6.07) is 9.61. The van der Waals surface area contributed by atoms with Gasteiger partial charge in [0.25, 0.3) is 10.3 Å². The number of phenols is 1. The van der Waals surface area contributed by atoms with Gasteiger partial charge in [-0.1, -0.05) is 12.1 Å². The van der Waals surface area contributed by atoms with Gasteiger partial charge in [0.05, 0.1) is 19.9 Å². The number of nitrogens with two attached hydrogens (primary N) is 1. The minimum atomic E-state index is -3.10. The molecule has 0 aromatic heterocycles. The van der Waals surface area contributed by atoms with Crippen molar-refractivity contribution >= 4 is 43.0 Å². The molecule has 156 valence electrons. The van der Waals surface area contributed by atoms with Crippen LogP contribution in [-0.4, -0.2) is 47.4 Å². The van der Waals surface area contributed by atoms with Crippen LogP contribution >= 0.6 is 0 Å². The highest BCUT2D eigenvalue weighted by Crippen LogP contribution is 2.26. The van der Waals surface area contributed by atoms with Crippen LogP contribution in [0.3, 0.4) is 0 Å². The molecule has 2 aromatic rings. The van der Waals surface area contributed by atoms with Crippen LogP contribution < -0.4 is 15.2 Å². The average Bonchev–Trinajstić information content (AvgIpc) is 2.65. The zero-order valence-electron chi connectivity index (χ0n) is 16.0.